The predicted molar refractivity (Wildman–Crippen MR) is 126 cm³/mol. The zero-order chi connectivity index (χ0) is 24.4. The van der Waals surface area contributed by atoms with Crippen molar-refractivity contribution in [1.29, 1.82) is 0 Å². The van der Waals surface area contributed by atoms with E-state index in [1.54, 1.807) is 24.2 Å². The summed E-state index contributed by atoms with van der Waals surface area (Å²) in [6.07, 6.45) is 4.97. The van der Waals surface area contributed by atoms with E-state index in [9.17, 15) is 24.4 Å². The smallest absolute Gasteiger partial charge is 0.324 e. The Morgan fingerprint density at radius 1 is 1.27 bits per heavy atom. The fourth-order valence-corrected chi connectivity index (χ4v) is 4.71. The number of nitrogens with one attached hydrogen (secondary N) is 3. The zero-order valence-corrected chi connectivity index (χ0v) is 20.2. The van der Waals surface area contributed by atoms with Crippen LogP contribution in [0.4, 0.5) is 4.79 Å². The molecular formula is C23H34N4O5S. The third-order valence-corrected chi connectivity index (χ3v) is 6.77. The summed E-state index contributed by atoms with van der Waals surface area (Å²) >= 11 is 1.56. The molecule has 1 aromatic rings. The maximum Gasteiger partial charge on any atom is 0.344 e. The van der Waals surface area contributed by atoms with Crippen LogP contribution in [0.3, 0.4) is 0 Å². The SMILES string of the molecule is CCC[C@@](C)(C(=O)NN1C(=O)N[C@@H](CCSC)C1=O)[C@H](CCCc1ccccc1)C(=O)NO. The van der Waals surface area contributed by atoms with Crippen molar-refractivity contribution in [2.24, 2.45) is 11.3 Å². The second-order valence-corrected chi connectivity index (χ2v) is 9.46. The topological polar surface area (TPSA) is 128 Å². The summed E-state index contributed by atoms with van der Waals surface area (Å²) in [4.78, 5) is 50.9. The lowest BCUT2D eigenvalue weighted by Crippen LogP contribution is -2.55. The summed E-state index contributed by atoms with van der Waals surface area (Å²) in [5, 5.41) is 12.6. The fourth-order valence-electron chi connectivity index (χ4n) is 4.23. The number of urea groups is 1. The number of hydrazine groups is 1. The molecule has 0 unspecified atom stereocenters. The van der Waals surface area contributed by atoms with Crippen LogP contribution in [-0.2, 0) is 20.8 Å². The van der Waals surface area contributed by atoms with E-state index in [4.69, 9.17) is 0 Å². The highest BCUT2D eigenvalue weighted by atomic mass is 32.2. The van der Waals surface area contributed by atoms with Crippen LogP contribution in [-0.4, -0.2) is 52.0 Å². The molecule has 10 heteroatoms. The number of amides is 5. The highest BCUT2D eigenvalue weighted by molar-refractivity contribution is 7.98. The van der Waals surface area contributed by atoms with Crippen molar-refractivity contribution in [3.05, 3.63) is 35.9 Å². The molecule has 9 nitrogen and oxygen atoms in total. The maximum absolute atomic E-state index is 13.4. The molecule has 0 saturated carbocycles. The molecular weight excluding hydrogens is 444 g/mol. The van der Waals surface area contributed by atoms with Gasteiger partial charge in [-0.3, -0.25) is 25.0 Å². The predicted octanol–water partition coefficient (Wildman–Crippen LogP) is 2.64. The van der Waals surface area contributed by atoms with Gasteiger partial charge in [0.2, 0.25) is 11.8 Å². The van der Waals surface area contributed by atoms with Crippen molar-refractivity contribution in [3.8, 4) is 0 Å². The van der Waals surface area contributed by atoms with Gasteiger partial charge < -0.3 is 5.32 Å². The molecule has 1 aliphatic rings. The van der Waals surface area contributed by atoms with Crippen LogP contribution < -0.4 is 16.2 Å². The molecule has 33 heavy (non-hydrogen) atoms. The van der Waals surface area contributed by atoms with Gasteiger partial charge in [-0.25, -0.2) is 10.3 Å². The van der Waals surface area contributed by atoms with Crippen LogP contribution in [0.5, 0.6) is 0 Å². The van der Waals surface area contributed by atoms with Gasteiger partial charge in [-0.15, -0.1) is 0 Å². The summed E-state index contributed by atoms with van der Waals surface area (Å²) in [7, 11) is 0. The van der Waals surface area contributed by atoms with Crippen molar-refractivity contribution in [2.75, 3.05) is 12.0 Å². The number of imide groups is 1. The molecule has 0 radical (unpaired) electrons. The molecule has 0 spiro atoms. The lowest BCUT2D eigenvalue weighted by atomic mass is 9.70. The highest BCUT2D eigenvalue weighted by Gasteiger charge is 2.47. The molecule has 1 aliphatic heterocycles. The average molecular weight is 479 g/mol. The summed E-state index contributed by atoms with van der Waals surface area (Å²) in [5.74, 6) is -1.95. The monoisotopic (exact) mass is 478 g/mol. The number of carbonyl (C=O) groups is 4. The minimum Gasteiger partial charge on any atom is -0.324 e. The van der Waals surface area contributed by atoms with E-state index in [2.05, 4.69) is 10.7 Å². The van der Waals surface area contributed by atoms with Crippen LogP contribution in [0.1, 0.15) is 51.5 Å². The molecule has 2 rings (SSSR count). The van der Waals surface area contributed by atoms with Crippen molar-refractivity contribution in [2.45, 2.75) is 58.4 Å². The number of aryl methyl sites for hydroxylation is 1. The van der Waals surface area contributed by atoms with E-state index in [-0.39, 0.29) is 0 Å². The maximum atomic E-state index is 13.4. The van der Waals surface area contributed by atoms with Gasteiger partial charge in [0.15, 0.2) is 0 Å². The van der Waals surface area contributed by atoms with E-state index in [1.807, 2.05) is 43.5 Å². The van der Waals surface area contributed by atoms with E-state index in [0.717, 1.165) is 5.56 Å². The Morgan fingerprint density at radius 2 is 1.97 bits per heavy atom. The second-order valence-electron chi connectivity index (χ2n) is 8.47. The second kappa shape index (κ2) is 12.6. The number of hydrogen-bond donors (Lipinski definition) is 4. The van der Waals surface area contributed by atoms with Gasteiger partial charge in [0.1, 0.15) is 6.04 Å². The first-order valence-corrected chi connectivity index (χ1v) is 12.6. The quantitative estimate of drug-likeness (QED) is 0.196. The number of benzene rings is 1. The van der Waals surface area contributed by atoms with E-state index in [0.29, 0.717) is 49.3 Å². The molecule has 0 aromatic heterocycles. The molecule has 0 bridgehead atoms. The zero-order valence-electron chi connectivity index (χ0n) is 19.4. The summed E-state index contributed by atoms with van der Waals surface area (Å²) in [5.41, 5.74) is 4.00. The van der Waals surface area contributed by atoms with Gasteiger partial charge in [-0.2, -0.15) is 16.8 Å². The number of carbonyl (C=O) groups excluding carboxylic acids is 4. The first-order chi connectivity index (χ1) is 15.8. The van der Waals surface area contributed by atoms with Gasteiger partial charge >= 0.3 is 6.03 Å². The number of thioether (sulfide) groups is 1. The van der Waals surface area contributed by atoms with Gasteiger partial charge in [0.25, 0.3) is 5.91 Å². The Morgan fingerprint density at radius 3 is 2.58 bits per heavy atom. The Hall–Kier alpha value is -2.59. The largest absolute Gasteiger partial charge is 0.344 e. The van der Waals surface area contributed by atoms with Crippen LogP contribution in [0.15, 0.2) is 30.3 Å². The summed E-state index contributed by atoms with van der Waals surface area (Å²) in [6.45, 7) is 3.52. The summed E-state index contributed by atoms with van der Waals surface area (Å²) in [6, 6.07) is 8.40. The minimum absolute atomic E-state index is 0.335. The number of rotatable bonds is 13. The number of nitrogens with zero attached hydrogens (tertiary/aromatic N) is 1. The molecule has 1 saturated heterocycles. The molecule has 182 valence electrons. The standard InChI is InChI=1S/C23H34N4O5S/c1-4-14-23(2,17(19(28)26-32)12-8-11-16-9-6-5-7-10-16)21(30)25-27-20(29)18(13-15-33-3)24-22(27)31/h5-7,9-10,17-18,32H,4,8,11-15H2,1-3H3,(H,24,31)(H,25,30)(H,26,28)/t17-,18+,23-/m1/s1. The number of hydrogen-bond acceptors (Lipinski definition) is 6. The Bertz CT molecular complexity index is 837. The van der Waals surface area contributed by atoms with Crippen LogP contribution in [0, 0.1) is 11.3 Å². The molecule has 4 N–H and O–H groups in total. The lowest BCUT2D eigenvalue weighted by molar-refractivity contribution is -0.151. The Kier molecular flexibility index (Phi) is 10.2. The Labute approximate surface area is 199 Å². The molecule has 3 atom stereocenters. The van der Waals surface area contributed by atoms with Gasteiger partial charge in [0, 0.05) is 0 Å². The van der Waals surface area contributed by atoms with Crippen LogP contribution in [0.25, 0.3) is 0 Å². The summed E-state index contributed by atoms with van der Waals surface area (Å²) < 4.78 is 0. The highest BCUT2D eigenvalue weighted by Crippen LogP contribution is 2.37. The van der Waals surface area contributed by atoms with Crippen LogP contribution in [0.2, 0.25) is 0 Å². The fraction of sp³-hybridized carbons (Fsp3) is 0.565. The third-order valence-electron chi connectivity index (χ3n) is 6.13. The first-order valence-electron chi connectivity index (χ1n) is 11.2. The molecule has 1 fully saturated rings. The molecule has 1 aromatic carbocycles. The molecule has 0 aliphatic carbocycles. The van der Waals surface area contributed by atoms with Crippen molar-refractivity contribution >= 4 is 35.5 Å². The minimum atomic E-state index is -1.24. The van der Waals surface area contributed by atoms with E-state index < -0.39 is 41.1 Å². The van der Waals surface area contributed by atoms with Gasteiger partial charge in [-0.1, -0.05) is 43.7 Å². The first kappa shape index (κ1) is 26.7. The average Bonchev–Trinajstić information content (AvgIpc) is 3.08. The van der Waals surface area contributed by atoms with Gasteiger partial charge in [0.05, 0.1) is 11.3 Å². The van der Waals surface area contributed by atoms with Crippen LogP contribution >= 0.6 is 11.8 Å². The van der Waals surface area contributed by atoms with Gasteiger partial charge in [-0.05, 0) is 56.6 Å². The molecule has 5 amide bonds. The number of hydroxylamine groups is 1. The lowest BCUT2D eigenvalue weighted by Gasteiger charge is -2.36. The van der Waals surface area contributed by atoms with E-state index in [1.165, 1.54) is 0 Å². The van der Waals surface area contributed by atoms with Crippen molar-refractivity contribution < 1.29 is 24.4 Å². The normalized spacial score (nSPS) is 18.4. The van der Waals surface area contributed by atoms with Crippen molar-refractivity contribution in [1.82, 2.24) is 21.2 Å². The Balaban J connectivity index is 2.16. The van der Waals surface area contributed by atoms with E-state index >= 15 is 0 Å². The third kappa shape index (κ3) is 6.70. The van der Waals surface area contributed by atoms with Crippen molar-refractivity contribution in [3.63, 3.8) is 0 Å². The molecule has 1 heterocycles.